The van der Waals surface area contributed by atoms with Crippen molar-refractivity contribution in [2.75, 3.05) is 0 Å². The summed E-state index contributed by atoms with van der Waals surface area (Å²) in [5, 5.41) is 8.97. The maximum atomic E-state index is 11.6. The lowest BCUT2D eigenvalue weighted by atomic mass is 9.88. The summed E-state index contributed by atoms with van der Waals surface area (Å²) in [4.78, 5) is 11.6. The van der Waals surface area contributed by atoms with Crippen molar-refractivity contribution in [2.45, 2.75) is 44.6 Å². The van der Waals surface area contributed by atoms with E-state index in [-0.39, 0.29) is 12.1 Å². The highest BCUT2D eigenvalue weighted by atomic mass is 16.5. The lowest BCUT2D eigenvalue weighted by Crippen LogP contribution is -2.29. The van der Waals surface area contributed by atoms with Gasteiger partial charge in [-0.15, -0.1) is 0 Å². The number of carbonyl (C=O) groups is 1. The number of carbonyl (C=O) groups excluding carboxylic acids is 1. The summed E-state index contributed by atoms with van der Waals surface area (Å²) in [5.41, 5.74) is -0.789. The molecule has 0 heterocycles. The quantitative estimate of drug-likeness (QED) is 0.607. The van der Waals surface area contributed by atoms with Gasteiger partial charge in [0, 0.05) is 0 Å². The molecule has 0 aromatic heterocycles. The molecule has 70 valence electrons. The van der Waals surface area contributed by atoms with Gasteiger partial charge in [0.05, 0.1) is 6.07 Å². The van der Waals surface area contributed by atoms with Crippen molar-refractivity contribution in [2.24, 2.45) is 5.41 Å². The maximum Gasteiger partial charge on any atom is 0.326 e. The Hall–Kier alpha value is -1.04. The summed E-state index contributed by atoms with van der Waals surface area (Å²) in [5.74, 6) is -0.269. The average Bonchev–Trinajstić information content (AvgIpc) is 2.83. The van der Waals surface area contributed by atoms with E-state index in [4.69, 9.17) is 10.00 Å². The molecule has 3 heteroatoms. The van der Waals surface area contributed by atoms with Crippen molar-refractivity contribution in [3.63, 3.8) is 0 Å². The van der Waals surface area contributed by atoms with Crippen molar-refractivity contribution in [3.05, 3.63) is 0 Å². The van der Waals surface area contributed by atoms with E-state index in [0.29, 0.717) is 12.8 Å². The molecular formula is C10H13NO2. The normalized spacial score (nSPS) is 25.2. The molecule has 2 fully saturated rings. The van der Waals surface area contributed by atoms with Crippen molar-refractivity contribution < 1.29 is 9.53 Å². The van der Waals surface area contributed by atoms with Crippen LogP contribution in [-0.4, -0.2) is 12.1 Å². The van der Waals surface area contributed by atoms with Gasteiger partial charge < -0.3 is 4.74 Å². The Kier molecular flexibility index (Phi) is 1.99. The highest BCUT2D eigenvalue weighted by molar-refractivity contribution is 5.80. The van der Waals surface area contributed by atoms with E-state index in [1.54, 1.807) is 0 Å². The standard InChI is InChI=1S/C10H13NO2/c11-7-10(5-1-2-6-10)9(12)13-8-3-4-8/h8H,1-6H2. The van der Waals surface area contributed by atoms with Gasteiger partial charge in [-0.25, -0.2) is 0 Å². The third-order valence-electron chi connectivity index (χ3n) is 2.86. The van der Waals surface area contributed by atoms with Gasteiger partial charge in [-0.05, 0) is 25.7 Å². The van der Waals surface area contributed by atoms with Crippen molar-refractivity contribution in [1.29, 1.82) is 5.26 Å². The minimum Gasteiger partial charge on any atom is -0.461 e. The van der Waals surface area contributed by atoms with Crippen LogP contribution in [0.3, 0.4) is 0 Å². The molecule has 0 aromatic carbocycles. The first-order valence-electron chi connectivity index (χ1n) is 4.89. The van der Waals surface area contributed by atoms with E-state index in [9.17, 15) is 4.79 Å². The first-order chi connectivity index (χ1) is 6.27. The number of hydrogen-bond donors (Lipinski definition) is 0. The third-order valence-corrected chi connectivity index (χ3v) is 2.86. The molecule has 0 N–H and O–H groups in total. The number of hydrogen-bond acceptors (Lipinski definition) is 3. The molecule has 0 bridgehead atoms. The lowest BCUT2D eigenvalue weighted by molar-refractivity contribution is -0.153. The van der Waals surface area contributed by atoms with Crippen molar-refractivity contribution in [3.8, 4) is 6.07 Å². The van der Waals surface area contributed by atoms with Crippen molar-refractivity contribution >= 4 is 5.97 Å². The summed E-state index contributed by atoms with van der Waals surface area (Å²) in [6, 6.07) is 2.14. The SMILES string of the molecule is N#CC1(C(=O)OC2CC2)CCCC1. The molecule has 0 amide bonds. The van der Waals surface area contributed by atoms with Crippen LogP contribution >= 0.6 is 0 Å². The van der Waals surface area contributed by atoms with Crippen LogP contribution in [0.25, 0.3) is 0 Å². The van der Waals surface area contributed by atoms with Crippen LogP contribution in [0.4, 0.5) is 0 Å². The molecule has 0 radical (unpaired) electrons. The zero-order chi connectivity index (χ0) is 9.31. The van der Waals surface area contributed by atoms with Gasteiger partial charge >= 0.3 is 5.97 Å². The molecule has 0 aliphatic heterocycles. The first-order valence-corrected chi connectivity index (χ1v) is 4.89. The number of rotatable bonds is 2. The van der Waals surface area contributed by atoms with Gasteiger partial charge in [0.25, 0.3) is 0 Å². The van der Waals surface area contributed by atoms with Crippen LogP contribution in [0.5, 0.6) is 0 Å². The predicted octanol–water partition coefficient (Wildman–Crippen LogP) is 1.78. The molecule has 2 saturated carbocycles. The molecule has 0 saturated heterocycles. The van der Waals surface area contributed by atoms with Crippen LogP contribution in [0.15, 0.2) is 0 Å². The Labute approximate surface area is 77.7 Å². The Morgan fingerprint density at radius 1 is 1.38 bits per heavy atom. The summed E-state index contributed by atoms with van der Waals surface area (Å²) in [7, 11) is 0. The largest absolute Gasteiger partial charge is 0.461 e. The number of ether oxygens (including phenoxy) is 1. The monoisotopic (exact) mass is 179 g/mol. The van der Waals surface area contributed by atoms with E-state index < -0.39 is 5.41 Å². The molecule has 0 unspecified atom stereocenters. The second kappa shape index (κ2) is 3.02. The number of esters is 1. The Bertz CT molecular complexity index is 257. The zero-order valence-electron chi connectivity index (χ0n) is 7.58. The maximum absolute atomic E-state index is 11.6. The van der Waals surface area contributed by atoms with Crippen LogP contribution in [0.2, 0.25) is 0 Å². The fourth-order valence-electron chi connectivity index (χ4n) is 1.79. The van der Waals surface area contributed by atoms with Gasteiger partial charge in [0.15, 0.2) is 5.41 Å². The molecule has 0 atom stereocenters. The summed E-state index contributed by atoms with van der Waals surface area (Å²) >= 11 is 0. The van der Waals surface area contributed by atoms with Crippen molar-refractivity contribution in [1.82, 2.24) is 0 Å². The van der Waals surface area contributed by atoms with E-state index in [1.807, 2.05) is 0 Å². The Morgan fingerprint density at radius 3 is 2.46 bits per heavy atom. The van der Waals surface area contributed by atoms with Gasteiger partial charge in [-0.1, -0.05) is 12.8 Å². The second-order valence-corrected chi connectivity index (χ2v) is 4.01. The van der Waals surface area contributed by atoms with Gasteiger partial charge in [0.1, 0.15) is 6.10 Å². The average molecular weight is 179 g/mol. The van der Waals surface area contributed by atoms with E-state index in [0.717, 1.165) is 25.7 Å². The van der Waals surface area contributed by atoms with E-state index in [1.165, 1.54) is 0 Å². The molecule has 13 heavy (non-hydrogen) atoms. The molecule has 3 nitrogen and oxygen atoms in total. The fourth-order valence-corrected chi connectivity index (χ4v) is 1.79. The minimum absolute atomic E-state index is 0.123. The highest BCUT2D eigenvalue weighted by Crippen LogP contribution is 2.40. The minimum atomic E-state index is -0.789. The topological polar surface area (TPSA) is 50.1 Å². The Balaban J connectivity index is 2.02. The van der Waals surface area contributed by atoms with E-state index in [2.05, 4.69) is 6.07 Å². The van der Waals surface area contributed by atoms with E-state index >= 15 is 0 Å². The molecule has 2 rings (SSSR count). The molecule has 2 aliphatic carbocycles. The predicted molar refractivity (Wildman–Crippen MR) is 45.6 cm³/mol. The molecular weight excluding hydrogens is 166 g/mol. The molecule has 2 aliphatic rings. The van der Waals surface area contributed by atoms with Crippen LogP contribution < -0.4 is 0 Å². The molecule has 0 spiro atoms. The lowest BCUT2D eigenvalue weighted by Gasteiger charge is -2.17. The van der Waals surface area contributed by atoms with Gasteiger partial charge in [0.2, 0.25) is 0 Å². The summed E-state index contributed by atoms with van der Waals surface area (Å²) in [6.07, 6.45) is 5.42. The second-order valence-electron chi connectivity index (χ2n) is 4.01. The first kappa shape index (κ1) is 8.55. The zero-order valence-corrected chi connectivity index (χ0v) is 7.58. The van der Waals surface area contributed by atoms with Crippen LogP contribution in [0, 0.1) is 16.7 Å². The number of nitriles is 1. The van der Waals surface area contributed by atoms with Crippen LogP contribution in [-0.2, 0) is 9.53 Å². The van der Waals surface area contributed by atoms with Gasteiger partial charge in [-0.2, -0.15) is 5.26 Å². The smallest absolute Gasteiger partial charge is 0.326 e. The number of nitrogens with zero attached hydrogens (tertiary/aromatic N) is 1. The molecule has 0 aromatic rings. The highest BCUT2D eigenvalue weighted by Gasteiger charge is 2.45. The summed E-state index contributed by atoms with van der Waals surface area (Å²) < 4.78 is 5.18. The fraction of sp³-hybridized carbons (Fsp3) is 0.800. The third kappa shape index (κ3) is 1.53. The summed E-state index contributed by atoms with van der Waals surface area (Å²) in [6.45, 7) is 0. The van der Waals surface area contributed by atoms with Crippen LogP contribution in [0.1, 0.15) is 38.5 Å². The van der Waals surface area contributed by atoms with Gasteiger partial charge in [-0.3, -0.25) is 4.79 Å². The Morgan fingerprint density at radius 2 is 2.00 bits per heavy atom.